The highest BCUT2D eigenvalue weighted by Crippen LogP contribution is 1.95. The number of rotatable bonds is 7. The van der Waals surface area contributed by atoms with E-state index < -0.39 is 0 Å². The van der Waals surface area contributed by atoms with Crippen molar-refractivity contribution in [2.45, 2.75) is 13.5 Å². The number of hydrogen-bond donors (Lipinski definition) is 2. The van der Waals surface area contributed by atoms with E-state index in [9.17, 15) is 0 Å². The van der Waals surface area contributed by atoms with Crippen molar-refractivity contribution in [3.8, 4) is 0 Å². The fraction of sp³-hybridized carbons (Fsp3) is 0.667. The minimum Gasteiger partial charge on any atom is -0.379 e. The molecule has 1 fully saturated rings. The Hall–Kier alpha value is -1.53. The monoisotopic (exact) mass is 293 g/mol. The van der Waals surface area contributed by atoms with Crippen LogP contribution in [0.15, 0.2) is 29.5 Å². The molecule has 118 valence electrons. The third kappa shape index (κ3) is 6.18. The topological polar surface area (TPSA) is 53.8 Å². The largest absolute Gasteiger partial charge is 0.379 e. The first-order valence-electron chi connectivity index (χ1n) is 7.81. The van der Waals surface area contributed by atoms with Gasteiger partial charge in [0.2, 0.25) is 0 Å². The van der Waals surface area contributed by atoms with E-state index in [0.29, 0.717) is 0 Å². The first-order valence-corrected chi connectivity index (χ1v) is 7.81. The van der Waals surface area contributed by atoms with E-state index in [1.807, 2.05) is 12.1 Å². The van der Waals surface area contributed by atoms with Gasteiger partial charge in [0.15, 0.2) is 5.96 Å². The second-order valence-corrected chi connectivity index (χ2v) is 5.06. The first kappa shape index (κ1) is 15.9. The first-order chi connectivity index (χ1) is 10.4. The van der Waals surface area contributed by atoms with Gasteiger partial charge in [0, 0.05) is 51.7 Å². The molecule has 6 nitrogen and oxygen atoms in total. The zero-order valence-corrected chi connectivity index (χ0v) is 12.9. The van der Waals surface area contributed by atoms with Crippen LogP contribution in [-0.2, 0) is 11.3 Å². The van der Waals surface area contributed by atoms with Crippen LogP contribution in [0.4, 0.5) is 0 Å². The molecule has 6 heteroatoms. The molecule has 21 heavy (non-hydrogen) atoms. The average Bonchev–Trinajstić information content (AvgIpc) is 3.02. The normalized spacial score (nSPS) is 16.9. The lowest BCUT2D eigenvalue weighted by molar-refractivity contribution is 0.0394. The Morgan fingerprint density at radius 2 is 1.90 bits per heavy atom. The molecule has 0 aromatic carbocycles. The van der Waals surface area contributed by atoms with Crippen LogP contribution in [0.25, 0.3) is 0 Å². The van der Waals surface area contributed by atoms with Crippen molar-refractivity contribution < 1.29 is 4.74 Å². The highest BCUT2D eigenvalue weighted by Gasteiger charge is 2.09. The molecule has 0 atom stereocenters. The summed E-state index contributed by atoms with van der Waals surface area (Å²) in [6.45, 7) is 10.3. The maximum absolute atomic E-state index is 5.35. The number of nitrogens with one attached hydrogen (secondary N) is 2. The summed E-state index contributed by atoms with van der Waals surface area (Å²) < 4.78 is 7.51. The third-order valence-electron chi connectivity index (χ3n) is 3.46. The number of aromatic nitrogens is 1. The van der Waals surface area contributed by atoms with Gasteiger partial charge in [-0.1, -0.05) is 0 Å². The van der Waals surface area contributed by atoms with E-state index >= 15 is 0 Å². The highest BCUT2D eigenvalue weighted by atomic mass is 16.5. The zero-order chi connectivity index (χ0) is 14.8. The average molecular weight is 293 g/mol. The minimum atomic E-state index is 0.818. The molecule has 0 bridgehead atoms. The lowest BCUT2D eigenvalue weighted by Gasteiger charge is -2.25. The summed E-state index contributed by atoms with van der Waals surface area (Å²) in [5.74, 6) is 0.901. The second-order valence-electron chi connectivity index (χ2n) is 5.06. The lowest BCUT2D eigenvalue weighted by atomic mass is 10.4. The van der Waals surface area contributed by atoms with E-state index in [0.717, 1.165) is 65.0 Å². The molecule has 0 aliphatic carbocycles. The molecule has 0 unspecified atom stereocenters. The SMILES string of the molecule is CCNC(=NCCN1CCOCC1)NCCn1cccc1. The smallest absolute Gasteiger partial charge is 0.191 e. The molecule has 0 spiro atoms. The molecule has 2 N–H and O–H groups in total. The summed E-state index contributed by atoms with van der Waals surface area (Å²) in [6.07, 6.45) is 4.15. The molecular formula is C15H27N5O. The molecule has 2 heterocycles. The summed E-state index contributed by atoms with van der Waals surface area (Å²) in [5.41, 5.74) is 0. The van der Waals surface area contributed by atoms with Gasteiger partial charge in [0.05, 0.1) is 19.8 Å². The molecule has 1 aromatic rings. The summed E-state index contributed by atoms with van der Waals surface area (Å²) >= 11 is 0. The number of morpholine rings is 1. The molecule has 1 aliphatic rings. The van der Waals surface area contributed by atoms with Gasteiger partial charge < -0.3 is 19.9 Å². The van der Waals surface area contributed by atoms with Crippen molar-refractivity contribution in [2.24, 2.45) is 4.99 Å². The Kier molecular flexibility index (Phi) is 7.11. The van der Waals surface area contributed by atoms with E-state index in [4.69, 9.17) is 4.74 Å². The molecule has 1 saturated heterocycles. The fourth-order valence-corrected chi connectivity index (χ4v) is 2.29. The Labute approximate surface area is 127 Å². The van der Waals surface area contributed by atoms with Crippen molar-refractivity contribution in [3.05, 3.63) is 24.5 Å². The summed E-state index contributed by atoms with van der Waals surface area (Å²) in [4.78, 5) is 7.03. The molecule has 1 aliphatic heterocycles. The van der Waals surface area contributed by atoms with Crippen LogP contribution in [0.5, 0.6) is 0 Å². The van der Waals surface area contributed by atoms with Crippen LogP contribution in [-0.4, -0.2) is 67.9 Å². The van der Waals surface area contributed by atoms with Crippen molar-refractivity contribution in [2.75, 3.05) is 52.5 Å². The second kappa shape index (κ2) is 9.41. The van der Waals surface area contributed by atoms with E-state index in [-0.39, 0.29) is 0 Å². The maximum Gasteiger partial charge on any atom is 0.191 e. The van der Waals surface area contributed by atoms with Crippen LogP contribution >= 0.6 is 0 Å². The number of ether oxygens (including phenoxy) is 1. The quantitative estimate of drug-likeness (QED) is 0.563. The highest BCUT2D eigenvalue weighted by molar-refractivity contribution is 5.79. The Balaban J connectivity index is 1.67. The fourth-order valence-electron chi connectivity index (χ4n) is 2.29. The van der Waals surface area contributed by atoms with Gasteiger partial charge in [-0.2, -0.15) is 0 Å². The standard InChI is InChI=1S/C15H27N5O/c1-2-16-15(17-5-9-19-7-3-4-8-19)18-6-10-20-11-13-21-14-12-20/h3-4,7-8H,2,5-6,9-14H2,1H3,(H2,16,17,18). The number of guanidine groups is 1. The van der Waals surface area contributed by atoms with Gasteiger partial charge in [-0.3, -0.25) is 9.89 Å². The lowest BCUT2D eigenvalue weighted by Crippen LogP contribution is -2.40. The Morgan fingerprint density at radius 1 is 1.14 bits per heavy atom. The summed E-state index contributed by atoms with van der Waals surface area (Å²) in [7, 11) is 0. The van der Waals surface area contributed by atoms with Crippen LogP contribution in [0.3, 0.4) is 0 Å². The number of hydrogen-bond acceptors (Lipinski definition) is 3. The molecular weight excluding hydrogens is 266 g/mol. The molecule has 2 rings (SSSR count). The van der Waals surface area contributed by atoms with E-state index in [2.05, 4.69) is 44.4 Å². The minimum absolute atomic E-state index is 0.818. The van der Waals surface area contributed by atoms with Crippen LogP contribution < -0.4 is 10.6 Å². The number of aliphatic imine (C=N–C) groups is 1. The Morgan fingerprint density at radius 3 is 2.62 bits per heavy atom. The van der Waals surface area contributed by atoms with Crippen LogP contribution in [0.2, 0.25) is 0 Å². The number of nitrogens with zero attached hydrogens (tertiary/aromatic N) is 3. The summed E-state index contributed by atoms with van der Waals surface area (Å²) in [5, 5.41) is 6.66. The van der Waals surface area contributed by atoms with Gasteiger partial charge in [-0.25, -0.2) is 0 Å². The molecule has 0 saturated carbocycles. The summed E-state index contributed by atoms with van der Waals surface area (Å²) in [6, 6.07) is 4.09. The third-order valence-corrected chi connectivity index (χ3v) is 3.46. The Bertz CT molecular complexity index is 398. The molecule has 0 amide bonds. The van der Waals surface area contributed by atoms with E-state index in [1.54, 1.807) is 0 Å². The van der Waals surface area contributed by atoms with Gasteiger partial charge in [0.1, 0.15) is 0 Å². The van der Waals surface area contributed by atoms with Crippen LogP contribution in [0, 0.1) is 0 Å². The van der Waals surface area contributed by atoms with Gasteiger partial charge in [-0.15, -0.1) is 0 Å². The van der Waals surface area contributed by atoms with Gasteiger partial charge in [0.25, 0.3) is 0 Å². The molecule has 1 aromatic heterocycles. The van der Waals surface area contributed by atoms with Gasteiger partial charge >= 0.3 is 0 Å². The predicted molar refractivity (Wildman–Crippen MR) is 85.7 cm³/mol. The zero-order valence-electron chi connectivity index (χ0n) is 12.9. The van der Waals surface area contributed by atoms with Crippen molar-refractivity contribution >= 4 is 5.96 Å². The predicted octanol–water partition coefficient (Wildman–Crippen LogP) is 0.375. The van der Waals surface area contributed by atoms with Crippen LogP contribution in [0.1, 0.15) is 6.92 Å². The van der Waals surface area contributed by atoms with Crippen molar-refractivity contribution in [1.29, 1.82) is 0 Å². The van der Waals surface area contributed by atoms with Gasteiger partial charge in [-0.05, 0) is 19.1 Å². The van der Waals surface area contributed by atoms with Crippen molar-refractivity contribution in [1.82, 2.24) is 20.1 Å². The van der Waals surface area contributed by atoms with Crippen molar-refractivity contribution in [3.63, 3.8) is 0 Å². The maximum atomic E-state index is 5.35. The van der Waals surface area contributed by atoms with E-state index in [1.165, 1.54) is 0 Å². The molecule has 0 radical (unpaired) electrons.